The molecule has 1 saturated heterocycles. The van der Waals surface area contributed by atoms with Crippen molar-refractivity contribution in [3.05, 3.63) is 53.3 Å². The van der Waals surface area contributed by atoms with E-state index in [4.69, 9.17) is 0 Å². The fourth-order valence-corrected chi connectivity index (χ4v) is 4.27. The van der Waals surface area contributed by atoms with Gasteiger partial charge in [0, 0.05) is 50.7 Å². The van der Waals surface area contributed by atoms with Gasteiger partial charge in [0.1, 0.15) is 6.04 Å². The van der Waals surface area contributed by atoms with Crippen molar-refractivity contribution in [1.29, 1.82) is 0 Å². The van der Waals surface area contributed by atoms with Crippen LogP contribution in [-0.4, -0.2) is 70.9 Å². The van der Waals surface area contributed by atoms with Crippen molar-refractivity contribution in [2.75, 3.05) is 38.0 Å². The Bertz CT molecular complexity index is 971. The van der Waals surface area contributed by atoms with Crippen molar-refractivity contribution >= 4 is 23.4 Å². The highest BCUT2D eigenvalue weighted by Gasteiger charge is 2.31. The number of piperazine rings is 1. The lowest BCUT2D eigenvalue weighted by atomic mass is 10.1. The molecule has 2 N–H and O–H groups in total. The minimum absolute atomic E-state index is 0.0344. The molecular weight excluding hydrogens is 394 g/mol. The molecule has 2 aromatic rings. The zero-order valence-electron chi connectivity index (χ0n) is 18.1. The molecule has 1 aromatic carbocycles. The van der Waals surface area contributed by atoms with E-state index < -0.39 is 6.04 Å². The number of benzene rings is 1. The fraction of sp³-hybridized carbons (Fsp3) is 0.435. The minimum atomic E-state index is -0.870. The number of anilines is 1. The Morgan fingerprint density at radius 1 is 0.968 bits per heavy atom. The molecular formula is C23H29N5O3. The summed E-state index contributed by atoms with van der Waals surface area (Å²) < 4.78 is 2.31. The molecule has 4 rings (SSSR count). The maximum atomic E-state index is 12.8. The Balaban J connectivity index is 1.28. The first kappa shape index (κ1) is 21.1. The van der Waals surface area contributed by atoms with Crippen molar-refractivity contribution in [3.63, 3.8) is 0 Å². The Morgan fingerprint density at radius 3 is 2.35 bits per heavy atom. The summed E-state index contributed by atoms with van der Waals surface area (Å²) in [5, 5.41) is 5.45. The van der Waals surface area contributed by atoms with Crippen LogP contribution in [0.25, 0.3) is 0 Å². The van der Waals surface area contributed by atoms with Crippen LogP contribution in [0, 0.1) is 13.8 Å². The molecule has 0 radical (unpaired) electrons. The van der Waals surface area contributed by atoms with Crippen molar-refractivity contribution in [1.82, 2.24) is 19.7 Å². The Labute approximate surface area is 182 Å². The Hall–Kier alpha value is -3.13. The summed E-state index contributed by atoms with van der Waals surface area (Å²) in [6.07, 6.45) is -0.0344. The van der Waals surface area contributed by atoms with Crippen LogP contribution in [0.4, 0.5) is 5.69 Å². The molecule has 1 fully saturated rings. The predicted octanol–water partition coefficient (Wildman–Crippen LogP) is 1.39. The summed E-state index contributed by atoms with van der Waals surface area (Å²) in [7, 11) is 0. The quantitative estimate of drug-likeness (QED) is 0.761. The second-order valence-corrected chi connectivity index (χ2v) is 8.26. The average Bonchev–Trinajstić information content (AvgIpc) is 3.03. The second-order valence-electron chi connectivity index (χ2n) is 8.26. The number of aromatic nitrogens is 1. The first-order valence-electron chi connectivity index (χ1n) is 10.8. The van der Waals surface area contributed by atoms with E-state index in [9.17, 15) is 14.4 Å². The van der Waals surface area contributed by atoms with Crippen LogP contribution in [-0.2, 0) is 16.1 Å². The first-order valence-corrected chi connectivity index (χ1v) is 10.8. The van der Waals surface area contributed by atoms with E-state index in [0.29, 0.717) is 24.3 Å². The smallest absolute Gasteiger partial charge is 0.254 e. The van der Waals surface area contributed by atoms with Gasteiger partial charge in [0.2, 0.25) is 11.8 Å². The van der Waals surface area contributed by atoms with Crippen molar-refractivity contribution in [2.45, 2.75) is 32.9 Å². The lowest BCUT2D eigenvalue weighted by Crippen LogP contribution is -2.51. The van der Waals surface area contributed by atoms with Crippen LogP contribution >= 0.6 is 0 Å². The summed E-state index contributed by atoms with van der Waals surface area (Å²) in [4.78, 5) is 41.9. The number of fused-ring (bicyclic) bond motifs is 1. The normalized spacial score (nSPS) is 19.4. The largest absolute Gasteiger partial charge is 0.348 e. The summed E-state index contributed by atoms with van der Waals surface area (Å²) >= 11 is 0. The molecule has 3 amide bonds. The maximum Gasteiger partial charge on any atom is 0.254 e. The molecule has 0 aliphatic carbocycles. The number of nitrogens with one attached hydrogen (secondary N) is 2. The van der Waals surface area contributed by atoms with Crippen LogP contribution in [0.1, 0.15) is 28.2 Å². The molecule has 8 heteroatoms. The number of carbonyl (C=O) groups excluding carboxylic acids is 3. The first-order chi connectivity index (χ1) is 14.9. The molecule has 0 unspecified atom stereocenters. The third-order valence-electron chi connectivity index (χ3n) is 6.21. The zero-order chi connectivity index (χ0) is 22.0. The van der Waals surface area contributed by atoms with E-state index in [1.54, 1.807) is 29.2 Å². The summed E-state index contributed by atoms with van der Waals surface area (Å²) in [5.74, 6) is -0.807. The molecule has 3 heterocycles. The number of amides is 3. The number of aryl methyl sites for hydroxylation is 2. The van der Waals surface area contributed by atoms with Gasteiger partial charge in [-0.3, -0.25) is 19.3 Å². The van der Waals surface area contributed by atoms with E-state index in [-0.39, 0.29) is 24.1 Å². The summed E-state index contributed by atoms with van der Waals surface area (Å²) in [5.41, 5.74) is 3.41. The molecule has 31 heavy (non-hydrogen) atoms. The van der Waals surface area contributed by atoms with Gasteiger partial charge < -0.3 is 20.1 Å². The SMILES string of the molecule is Cc1ccc(C)n1CCN1CCN(C(=O)C[C@H]2NC(=O)c3ccccc3NC2=O)CC1. The van der Waals surface area contributed by atoms with Crippen molar-refractivity contribution < 1.29 is 14.4 Å². The Kier molecular flexibility index (Phi) is 6.08. The van der Waals surface area contributed by atoms with Gasteiger partial charge in [-0.05, 0) is 38.1 Å². The van der Waals surface area contributed by atoms with E-state index in [1.807, 2.05) is 0 Å². The maximum absolute atomic E-state index is 12.8. The van der Waals surface area contributed by atoms with Crippen LogP contribution in [0.3, 0.4) is 0 Å². The standard InChI is InChI=1S/C23H29N5O3/c1-16-7-8-17(2)28(16)14-11-26-9-12-27(13-10-26)21(29)15-20-23(31)24-19-6-4-3-5-18(19)22(30)25-20/h3-8,20H,9-15H2,1-2H3,(H,24,31)(H,25,30)/t20-/m1/s1. The lowest BCUT2D eigenvalue weighted by Gasteiger charge is -2.35. The number of nitrogens with zero attached hydrogens (tertiary/aromatic N) is 3. The van der Waals surface area contributed by atoms with Gasteiger partial charge in [-0.25, -0.2) is 0 Å². The van der Waals surface area contributed by atoms with Gasteiger partial charge in [-0.2, -0.15) is 0 Å². The molecule has 2 aliphatic heterocycles. The molecule has 2 aliphatic rings. The van der Waals surface area contributed by atoms with Gasteiger partial charge in [0.25, 0.3) is 5.91 Å². The molecule has 0 saturated carbocycles. The van der Waals surface area contributed by atoms with E-state index >= 15 is 0 Å². The molecule has 1 aromatic heterocycles. The topological polar surface area (TPSA) is 86.7 Å². The van der Waals surface area contributed by atoms with Crippen LogP contribution < -0.4 is 10.6 Å². The van der Waals surface area contributed by atoms with Gasteiger partial charge in [0.05, 0.1) is 17.7 Å². The molecule has 164 valence electrons. The highest BCUT2D eigenvalue weighted by molar-refractivity contribution is 6.10. The van der Waals surface area contributed by atoms with Crippen LogP contribution in [0.2, 0.25) is 0 Å². The number of para-hydroxylation sites is 1. The molecule has 0 bridgehead atoms. The molecule has 1 atom stereocenters. The minimum Gasteiger partial charge on any atom is -0.348 e. The van der Waals surface area contributed by atoms with Gasteiger partial charge >= 0.3 is 0 Å². The van der Waals surface area contributed by atoms with Gasteiger partial charge in [-0.15, -0.1) is 0 Å². The van der Waals surface area contributed by atoms with Gasteiger partial charge in [0.15, 0.2) is 0 Å². The predicted molar refractivity (Wildman–Crippen MR) is 118 cm³/mol. The zero-order valence-corrected chi connectivity index (χ0v) is 18.1. The number of hydrogen-bond donors (Lipinski definition) is 2. The highest BCUT2D eigenvalue weighted by atomic mass is 16.2. The second kappa shape index (κ2) is 8.93. The summed E-state index contributed by atoms with van der Waals surface area (Å²) in [6, 6.07) is 10.2. The number of carbonyl (C=O) groups is 3. The van der Waals surface area contributed by atoms with Crippen LogP contribution in [0.5, 0.6) is 0 Å². The fourth-order valence-electron chi connectivity index (χ4n) is 4.27. The van der Waals surface area contributed by atoms with E-state index in [1.165, 1.54) is 11.4 Å². The van der Waals surface area contributed by atoms with Crippen molar-refractivity contribution in [2.24, 2.45) is 0 Å². The van der Waals surface area contributed by atoms with Crippen molar-refractivity contribution in [3.8, 4) is 0 Å². The third kappa shape index (κ3) is 4.64. The highest BCUT2D eigenvalue weighted by Crippen LogP contribution is 2.19. The number of hydrogen-bond acceptors (Lipinski definition) is 4. The third-order valence-corrected chi connectivity index (χ3v) is 6.21. The van der Waals surface area contributed by atoms with Crippen LogP contribution in [0.15, 0.2) is 36.4 Å². The monoisotopic (exact) mass is 423 g/mol. The molecule has 8 nitrogen and oxygen atoms in total. The number of rotatable bonds is 5. The Morgan fingerprint density at radius 2 is 1.65 bits per heavy atom. The summed E-state index contributed by atoms with van der Waals surface area (Å²) in [6.45, 7) is 8.98. The lowest BCUT2D eigenvalue weighted by molar-refractivity contribution is -0.135. The van der Waals surface area contributed by atoms with E-state index in [0.717, 1.165) is 26.2 Å². The average molecular weight is 424 g/mol. The van der Waals surface area contributed by atoms with Gasteiger partial charge in [-0.1, -0.05) is 12.1 Å². The molecule has 0 spiro atoms. The van der Waals surface area contributed by atoms with E-state index in [2.05, 4.69) is 46.1 Å².